The minimum Gasteiger partial charge on any atom is -0.310 e. The molecule has 90 heavy (non-hydrogen) atoms. The highest BCUT2D eigenvalue weighted by molar-refractivity contribution is 6.27. The molecule has 0 saturated carbocycles. The maximum absolute atomic E-state index is 2.54. The Balaban J connectivity index is 1.00. The number of nitrogens with zero attached hydrogens (tertiary/aromatic N) is 2. The lowest BCUT2D eigenvalue weighted by Gasteiger charge is -2.28. The van der Waals surface area contributed by atoms with Crippen molar-refractivity contribution >= 4 is 71.2 Å². The first-order chi connectivity index (χ1) is 42.4. The molecule has 0 bridgehead atoms. The summed E-state index contributed by atoms with van der Waals surface area (Å²) in [6.07, 6.45) is 0. The van der Waals surface area contributed by atoms with E-state index in [1.807, 2.05) is 0 Å². The number of benzene rings is 12. The molecule has 0 unspecified atom stereocenters. The van der Waals surface area contributed by atoms with Gasteiger partial charge in [0.2, 0.25) is 0 Å². The summed E-state index contributed by atoms with van der Waals surface area (Å²) in [5.41, 5.74) is 24.8. The third-order valence-corrected chi connectivity index (χ3v) is 19.3. The van der Waals surface area contributed by atoms with Gasteiger partial charge in [0.15, 0.2) is 0 Å². The molecule has 13 rings (SSSR count). The third-order valence-electron chi connectivity index (χ3n) is 19.3. The summed E-state index contributed by atoms with van der Waals surface area (Å²) in [5.74, 6) is 0. The molecule has 452 valence electrons. The van der Waals surface area contributed by atoms with E-state index in [1.54, 1.807) is 0 Å². The van der Waals surface area contributed by atoms with Gasteiger partial charge in [0.1, 0.15) is 0 Å². The smallest absolute Gasteiger partial charge is 0.0541 e. The van der Waals surface area contributed by atoms with Crippen LogP contribution >= 0.6 is 0 Å². The van der Waals surface area contributed by atoms with Gasteiger partial charge in [0.25, 0.3) is 0 Å². The SMILES string of the molecule is CC(C)(C)c1cc(-c2ccc(N(c3ccc(-c4cc(C(C)(C)C)ccc4-c4ccccc4)cc3)c3ccc4ccc5c(-n6c7ccc(C(C)(C)C)cc7c7cc(C(C)(C)C)ccc76)ccc6ccc3c4c65)cc2)cc(-c2cc(C(C)(C)C)cc(C(C)(C)C)c2)c1. The van der Waals surface area contributed by atoms with Gasteiger partial charge < -0.3 is 9.47 Å². The highest BCUT2D eigenvalue weighted by atomic mass is 15.1. The highest BCUT2D eigenvalue weighted by Crippen LogP contribution is 2.48. The highest BCUT2D eigenvalue weighted by Gasteiger charge is 2.27. The van der Waals surface area contributed by atoms with Crippen LogP contribution in [-0.4, -0.2) is 4.57 Å². The topological polar surface area (TPSA) is 8.17 Å². The molecule has 1 aromatic heterocycles. The van der Waals surface area contributed by atoms with E-state index in [1.165, 1.54) is 138 Å². The van der Waals surface area contributed by atoms with Crippen LogP contribution in [0.2, 0.25) is 0 Å². The summed E-state index contributed by atoms with van der Waals surface area (Å²) >= 11 is 0. The van der Waals surface area contributed by atoms with Crippen molar-refractivity contribution in [3.05, 3.63) is 252 Å². The van der Waals surface area contributed by atoms with Crippen LogP contribution < -0.4 is 4.90 Å². The molecule has 13 aromatic rings. The van der Waals surface area contributed by atoms with Crippen LogP contribution in [0.1, 0.15) is 158 Å². The maximum atomic E-state index is 2.54. The molecular formula is C88H90N2. The van der Waals surface area contributed by atoms with E-state index in [-0.39, 0.29) is 32.5 Å². The van der Waals surface area contributed by atoms with Gasteiger partial charge in [-0.2, -0.15) is 0 Å². The summed E-state index contributed by atoms with van der Waals surface area (Å²) in [7, 11) is 0. The average Bonchev–Trinajstić information content (AvgIpc) is 1.72. The first-order valence-electron chi connectivity index (χ1n) is 32.7. The minimum absolute atomic E-state index is 0.00403. The van der Waals surface area contributed by atoms with Crippen molar-refractivity contribution in [3.8, 4) is 50.2 Å². The Bertz CT molecular complexity index is 4780. The summed E-state index contributed by atoms with van der Waals surface area (Å²) < 4.78 is 2.54. The lowest BCUT2D eigenvalue weighted by molar-refractivity contribution is 0.569. The van der Waals surface area contributed by atoms with Crippen LogP contribution in [0.15, 0.2) is 218 Å². The van der Waals surface area contributed by atoms with Crippen LogP contribution in [0, 0.1) is 0 Å². The molecule has 0 aliphatic carbocycles. The Kier molecular flexibility index (Phi) is 14.4. The monoisotopic (exact) mass is 1170 g/mol. The van der Waals surface area contributed by atoms with E-state index < -0.39 is 0 Å². The van der Waals surface area contributed by atoms with Crippen molar-refractivity contribution in [2.75, 3.05) is 4.90 Å². The van der Waals surface area contributed by atoms with Crippen molar-refractivity contribution < 1.29 is 0 Å². The Hall–Kier alpha value is -8.72. The molecule has 2 nitrogen and oxygen atoms in total. The van der Waals surface area contributed by atoms with Gasteiger partial charge in [0, 0.05) is 32.9 Å². The van der Waals surface area contributed by atoms with E-state index >= 15 is 0 Å². The number of aromatic nitrogens is 1. The summed E-state index contributed by atoms with van der Waals surface area (Å²) in [4.78, 5) is 2.50. The quantitative estimate of drug-likeness (QED) is 0.138. The standard InChI is InChI=1S/C88H90N2/c1-83(2,3)63-32-41-71(56-22-20-19-21-23-56)74(52-63)57-26-37-70(38-27-57)89(69-35-24-55(25-36-69)60-46-61(48-66(47-60)86(10,11)12)62-49-67(87(13,14)15)51-68(50-62)88(16,17)18)77-42-30-58-29-40-73-78(43-31-59-28-39-72(77)81(58)82(59)73)90-79-44-33-64(84(4,5)6)53-75(79)76-54-65(85(7,8)9)34-45-80(76)90/h19-54H,1-18H3. The van der Waals surface area contributed by atoms with E-state index in [4.69, 9.17) is 0 Å². The first kappa shape index (κ1) is 60.2. The zero-order valence-corrected chi connectivity index (χ0v) is 56.7. The molecule has 1 heterocycles. The molecule has 0 aliphatic rings. The fourth-order valence-corrected chi connectivity index (χ4v) is 13.6. The summed E-state index contributed by atoms with van der Waals surface area (Å²) in [5, 5.41) is 10.1. The molecule has 0 amide bonds. The largest absolute Gasteiger partial charge is 0.310 e. The second-order valence-electron chi connectivity index (χ2n) is 32.0. The van der Waals surface area contributed by atoms with Crippen LogP contribution in [0.3, 0.4) is 0 Å². The molecule has 0 aliphatic heterocycles. The number of anilines is 3. The Morgan fingerprint density at radius 3 is 1.17 bits per heavy atom. The van der Waals surface area contributed by atoms with E-state index in [0.29, 0.717) is 0 Å². The van der Waals surface area contributed by atoms with Crippen molar-refractivity contribution in [2.45, 2.75) is 157 Å². The predicted octanol–water partition coefficient (Wildman–Crippen LogP) is 25.6. The normalized spacial score (nSPS) is 13.0. The van der Waals surface area contributed by atoms with E-state index in [2.05, 4.69) is 352 Å². The fraction of sp³-hybridized carbons (Fsp3) is 0.273. The number of rotatable bonds is 8. The average molecular weight is 1180 g/mol. The Labute approximate surface area is 536 Å². The zero-order chi connectivity index (χ0) is 63.8. The van der Waals surface area contributed by atoms with Crippen LogP contribution in [0.4, 0.5) is 17.1 Å². The number of fused-ring (bicyclic) bond motifs is 3. The van der Waals surface area contributed by atoms with Crippen molar-refractivity contribution in [1.29, 1.82) is 0 Å². The van der Waals surface area contributed by atoms with Crippen LogP contribution in [-0.2, 0) is 32.5 Å². The second kappa shape index (κ2) is 21.5. The number of hydrogen-bond donors (Lipinski definition) is 0. The van der Waals surface area contributed by atoms with E-state index in [9.17, 15) is 0 Å². The molecule has 12 aromatic carbocycles. The van der Waals surface area contributed by atoms with Crippen molar-refractivity contribution in [3.63, 3.8) is 0 Å². The molecule has 0 spiro atoms. The van der Waals surface area contributed by atoms with Crippen molar-refractivity contribution in [1.82, 2.24) is 4.57 Å². The van der Waals surface area contributed by atoms with E-state index in [0.717, 1.165) is 17.1 Å². The lowest BCUT2D eigenvalue weighted by atomic mass is 9.78. The maximum Gasteiger partial charge on any atom is 0.0541 e. The van der Waals surface area contributed by atoms with Gasteiger partial charge in [-0.1, -0.05) is 276 Å². The molecule has 2 heteroatoms. The molecular weight excluding hydrogens is 1080 g/mol. The first-order valence-corrected chi connectivity index (χ1v) is 32.7. The molecule has 0 atom stereocenters. The molecule has 0 saturated heterocycles. The van der Waals surface area contributed by atoms with Gasteiger partial charge in [-0.15, -0.1) is 0 Å². The zero-order valence-electron chi connectivity index (χ0n) is 56.7. The number of hydrogen-bond acceptors (Lipinski definition) is 1. The van der Waals surface area contributed by atoms with Gasteiger partial charge in [-0.05, 0) is 199 Å². The van der Waals surface area contributed by atoms with Gasteiger partial charge in [-0.25, -0.2) is 0 Å². The van der Waals surface area contributed by atoms with Crippen LogP contribution in [0.25, 0.3) is 104 Å². The molecule has 0 N–H and O–H groups in total. The van der Waals surface area contributed by atoms with Crippen LogP contribution in [0.5, 0.6) is 0 Å². The summed E-state index contributed by atoms with van der Waals surface area (Å²) in [6.45, 7) is 41.8. The third kappa shape index (κ3) is 11.0. The molecule has 0 fully saturated rings. The Morgan fingerprint density at radius 1 is 0.256 bits per heavy atom. The fourth-order valence-electron chi connectivity index (χ4n) is 13.6. The summed E-state index contributed by atoms with van der Waals surface area (Å²) in [6, 6.07) is 84.5. The van der Waals surface area contributed by atoms with Gasteiger partial charge >= 0.3 is 0 Å². The lowest BCUT2D eigenvalue weighted by Crippen LogP contribution is -2.16. The van der Waals surface area contributed by atoms with Gasteiger partial charge in [-0.3, -0.25) is 0 Å². The molecule has 0 radical (unpaired) electrons. The van der Waals surface area contributed by atoms with Gasteiger partial charge in [0.05, 0.1) is 22.4 Å². The Morgan fingerprint density at radius 2 is 0.656 bits per heavy atom. The van der Waals surface area contributed by atoms with Crippen molar-refractivity contribution in [2.24, 2.45) is 0 Å². The second-order valence-corrected chi connectivity index (χ2v) is 32.0. The minimum atomic E-state index is -0.0658. The predicted molar refractivity (Wildman–Crippen MR) is 393 cm³/mol.